The number of rotatable bonds is 5. The summed E-state index contributed by atoms with van der Waals surface area (Å²) in [5, 5.41) is 0. The van der Waals surface area contributed by atoms with Crippen molar-refractivity contribution in [2.75, 3.05) is 26.2 Å². The van der Waals surface area contributed by atoms with Crippen LogP contribution in [-0.4, -0.2) is 47.5 Å². The zero-order valence-electron chi connectivity index (χ0n) is 16.8. The molecule has 0 spiro atoms. The SMILES string of the molecule is CCN(CC)CC1=C(N2CCCC2=O)c2cc(C(F)(F)F)ccc2OC1(C)C. The molecule has 1 fully saturated rings. The highest BCUT2D eigenvalue weighted by molar-refractivity contribution is 5.91. The van der Waals surface area contributed by atoms with Gasteiger partial charge in [-0.25, -0.2) is 0 Å². The lowest BCUT2D eigenvalue weighted by Gasteiger charge is -2.41. The largest absolute Gasteiger partial charge is 0.483 e. The summed E-state index contributed by atoms with van der Waals surface area (Å²) in [5.74, 6) is 0.337. The predicted octanol–water partition coefficient (Wildman–Crippen LogP) is 4.55. The fourth-order valence-electron chi connectivity index (χ4n) is 3.89. The number of carbonyl (C=O) groups is 1. The molecule has 0 atom stereocenters. The van der Waals surface area contributed by atoms with Gasteiger partial charge in [0, 0.05) is 30.6 Å². The van der Waals surface area contributed by atoms with Crippen molar-refractivity contribution >= 4 is 11.6 Å². The fourth-order valence-corrected chi connectivity index (χ4v) is 3.89. The Morgan fingerprint density at radius 2 is 1.89 bits per heavy atom. The smallest absolute Gasteiger partial charge is 0.416 e. The molecule has 154 valence electrons. The van der Waals surface area contributed by atoms with Crippen molar-refractivity contribution in [3.8, 4) is 5.75 Å². The third kappa shape index (κ3) is 3.77. The third-order valence-corrected chi connectivity index (χ3v) is 5.56. The second-order valence-electron chi connectivity index (χ2n) is 7.76. The Labute approximate surface area is 163 Å². The Balaban J connectivity index is 2.23. The first-order valence-corrected chi connectivity index (χ1v) is 9.75. The summed E-state index contributed by atoms with van der Waals surface area (Å²) in [5.41, 5.74) is 0.325. The summed E-state index contributed by atoms with van der Waals surface area (Å²) >= 11 is 0. The highest BCUT2D eigenvalue weighted by Gasteiger charge is 2.41. The number of hydrogen-bond acceptors (Lipinski definition) is 3. The number of likely N-dealkylation sites (tertiary alicyclic amines) is 1. The second kappa shape index (κ2) is 7.43. The lowest BCUT2D eigenvalue weighted by Crippen LogP contribution is -2.43. The maximum Gasteiger partial charge on any atom is 0.416 e. The molecule has 0 saturated carbocycles. The average Bonchev–Trinajstić information content (AvgIpc) is 3.03. The van der Waals surface area contributed by atoms with Crippen LogP contribution in [0, 0.1) is 0 Å². The molecule has 1 saturated heterocycles. The van der Waals surface area contributed by atoms with Gasteiger partial charge in [-0.15, -0.1) is 0 Å². The van der Waals surface area contributed by atoms with E-state index in [1.54, 1.807) is 4.90 Å². The molecule has 0 bridgehead atoms. The number of likely N-dealkylation sites (N-methyl/N-ethyl adjacent to an activating group) is 1. The van der Waals surface area contributed by atoms with Gasteiger partial charge in [-0.05, 0) is 51.6 Å². The van der Waals surface area contributed by atoms with Gasteiger partial charge in [0.15, 0.2) is 0 Å². The van der Waals surface area contributed by atoms with Gasteiger partial charge in [0.05, 0.1) is 11.3 Å². The van der Waals surface area contributed by atoms with Crippen LogP contribution >= 0.6 is 0 Å². The first-order chi connectivity index (χ1) is 13.1. The number of halogens is 3. The number of nitrogens with zero attached hydrogens (tertiary/aromatic N) is 2. The van der Waals surface area contributed by atoms with Crippen LogP contribution in [0.4, 0.5) is 13.2 Å². The molecule has 3 rings (SSSR count). The lowest BCUT2D eigenvalue weighted by atomic mass is 9.87. The summed E-state index contributed by atoms with van der Waals surface area (Å²) in [7, 11) is 0. The van der Waals surface area contributed by atoms with Crippen LogP contribution in [0.1, 0.15) is 51.7 Å². The highest BCUT2D eigenvalue weighted by Crippen LogP contribution is 2.45. The molecular weight excluding hydrogens is 369 g/mol. The number of ether oxygens (including phenoxy) is 1. The van der Waals surface area contributed by atoms with E-state index < -0.39 is 17.3 Å². The summed E-state index contributed by atoms with van der Waals surface area (Å²) in [4.78, 5) is 16.4. The standard InChI is InChI=1S/C21H27F3N2O2/c1-5-25(6-2)13-16-19(26-11-7-8-18(26)27)15-12-14(21(22,23)24)9-10-17(15)28-20(16,3)4/h9-10,12H,5-8,11,13H2,1-4H3. The van der Waals surface area contributed by atoms with E-state index in [0.717, 1.165) is 30.8 Å². The number of fused-ring (bicyclic) bond motifs is 1. The Kier molecular flexibility index (Phi) is 5.49. The molecular formula is C21H27F3N2O2. The number of hydrogen-bond donors (Lipinski definition) is 0. The van der Waals surface area contributed by atoms with Gasteiger partial charge in [0.2, 0.25) is 5.91 Å². The Morgan fingerprint density at radius 1 is 1.21 bits per heavy atom. The van der Waals surface area contributed by atoms with E-state index in [9.17, 15) is 18.0 Å². The van der Waals surface area contributed by atoms with Crippen LogP contribution in [0.3, 0.4) is 0 Å². The number of benzene rings is 1. The van der Waals surface area contributed by atoms with E-state index in [1.165, 1.54) is 6.07 Å². The van der Waals surface area contributed by atoms with Crippen LogP contribution in [0.25, 0.3) is 5.70 Å². The molecule has 0 aliphatic carbocycles. The topological polar surface area (TPSA) is 32.8 Å². The summed E-state index contributed by atoms with van der Waals surface area (Å²) in [6, 6.07) is 3.52. The maximum absolute atomic E-state index is 13.4. The molecule has 0 N–H and O–H groups in total. The van der Waals surface area contributed by atoms with Crippen molar-refractivity contribution in [2.24, 2.45) is 0 Å². The zero-order chi connectivity index (χ0) is 20.7. The maximum atomic E-state index is 13.4. The van der Waals surface area contributed by atoms with Gasteiger partial charge < -0.3 is 9.64 Å². The lowest BCUT2D eigenvalue weighted by molar-refractivity contribution is -0.137. The van der Waals surface area contributed by atoms with E-state index in [-0.39, 0.29) is 5.91 Å². The molecule has 2 aliphatic heterocycles. The van der Waals surface area contributed by atoms with Crippen LogP contribution < -0.4 is 4.74 Å². The van der Waals surface area contributed by atoms with Gasteiger partial charge in [0.25, 0.3) is 0 Å². The zero-order valence-corrected chi connectivity index (χ0v) is 16.8. The highest BCUT2D eigenvalue weighted by atomic mass is 19.4. The van der Waals surface area contributed by atoms with Gasteiger partial charge in [-0.1, -0.05) is 13.8 Å². The molecule has 1 aromatic carbocycles. The number of amides is 1. The van der Waals surface area contributed by atoms with Crippen molar-refractivity contribution in [3.05, 3.63) is 34.9 Å². The minimum atomic E-state index is -4.46. The van der Waals surface area contributed by atoms with Crippen molar-refractivity contribution in [2.45, 2.75) is 52.3 Å². The molecule has 2 aliphatic rings. The van der Waals surface area contributed by atoms with E-state index in [0.29, 0.717) is 42.9 Å². The average molecular weight is 396 g/mol. The van der Waals surface area contributed by atoms with Crippen molar-refractivity contribution in [1.82, 2.24) is 9.80 Å². The van der Waals surface area contributed by atoms with Gasteiger partial charge in [-0.3, -0.25) is 9.69 Å². The third-order valence-electron chi connectivity index (χ3n) is 5.56. The summed E-state index contributed by atoms with van der Waals surface area (Å²) in [6.45, 7) is 10.5. The van der Waals surface area contributed by atoms with E-state index >= 15 is 0 Å². The predicted molar refractivity (Wildman–Crippen MR) is 102 cm³/mol. The van der Waals surface area contributed by atoms with Crippen molar-refractivity contribution < 1.29 is 22.7 Å². The normalized spacial score (nSPS) is 19.3. The van der Waals surface area contributed by atoms with Gasteiger partial charge in [0.1, 0.15) is 11.4 Å². The monoisotopic (exact) mass is 396 g/mol. The van der Waals surface area contributed by atoms with Crippen molar-refractivity contribution in [3.63, 3.8) is 0 Å². The Bertz CT molecular complexity index is 795. The number of alkyl halides is 3. The minimum absolute atomic E-state index is 0.0480. The van der Waals surface area contributed by atoms with Crippen LogP contribution in [0.5, 0.6) is 5.75 Å². The first kappa shape index (κ1) is 20.7. The van der Waals surface area contributed by atoms with E-state index in [1.807, 2.05) is 27.7 Å². The second-order valence-corrected chi connectivity index (χ2v) is 7.76. The van der Waals surface area contributed by atoms with Crippen LogP contribution in [0.2, 0.25) is 0 Å². The molecule has 0 aromatic heterocycles. The Morgan fingerprint density at radius 3 is 2.43 bits per heavy atom. The van der Waals surface area contributed by atoms with Crippen LogP contribution in [-0.2, 0) is 11.0 Å². The first-order valence-electron chi connectivity index (χ1n) is 9.75. The summed E-state index contributed by atoms with van der Waals surface area (Å²) in [6.07, 6.45) is -3.34. The molecule has 28 heavy (non-hydrogen) atoms. The summed E-state index contributed by atoms with van der Waals surface area (Å²) < 4.78 is 46.2. The molecule has 1 aromatic rings. The van der Waals surface area contributed by atoms with Crippen molar-refractivity contribution in [1.29, 1.82) is 0 Å². The molecule has 7 heteroatoms. The minimum Gasteiger partial charge on any atom is -0.483 e. The van der Waals surface area contributed by atoms with Gasteiger partial charge in [-0.2, -0.15) is 13.2 Å². The molecule has 1 amide bonds. The molecule has 4 nitrogen and oxygen atoms in total. The van der Waals surface area contributed by atoms with Gasteiger partial charge >= 0.3 is 6.18 Å². The fraction of sp³-hybridized carbons (Fsp3) is 0.571. The quantitative estimate of drug-likeness (QED) is 0.732. The molecule has 2 heterocycles. The van der Waals surface area contributed by atoms with Crippen LogP contribution in [0.15, 0.2) is 23.8 Å². The molecule has 0 unspecified atom stereocenters. The Hall–Kier alpha value is -2.02. The molecule has 0 radical (unpaired) electrons. The van der Waals surface area contributed by atoms with E-state index in [4.69, 9.17) is 4.74 Å². The van der Waals surface area contributed by atoms with E-state index in [2.05, 4.69) is 4.90 Å². The number of carbonyl (C=O) groups excluding carboxylic acids is 1.